The highest BCUT2D eigenvalue weighted by Crippen LogP contribution is 2.28. The molecular weight excluding hydrogens is 340 g/mol. The van der Waals surface area contributed by atoms with Crippen LogP contribution in [0.4, 0.5) is 17.6 Å². The molecule has 7 heteroatoms. The minimum Gasteiger partial charge on any atom is -0.271 e. The van der Waals surface area contributed by atoms with E-state index in [1.165, 1.54) is 18.2 Å². The average molecular weight is 349 g/mol. The summed E-state index contributed by atoms with van der Waals surface area (Å²) < 4.78 is 53.8. The van der Waals surface area contributed by atoms with Crippen LogP contribution in [0, 0.1) is 23.3 Å². The van der Waals surface area contributed by atoms with Gasteiger partial charge in [-0.25, -0.2) is 23.0 Å². The number of hydrogen-bond acceptors (Lipinski definition) is 2. The number of hydrogen-bond donors (Lipinski definition) is 2. The molecule has 2 rings (SSSR count). The van der Waals surface area contributed by atoms with Crippen LogP contribution in [-0.4, -0.2) is 0 Å². The predicted octanol–water partition coefficient (Wildman–Crippen LogP) is 3.56. The highest BCUT2D eigenvalue weighted by Gasteiger charge is 2.20. The highest BCUT2D eigenvalue weighted by atomic mass is 79.9. The molecular formula is C13H9BrF4N2. The van der Waals surface area contributed by atoms with E-state index in [0.717, 1.165) is 12.1 Å². The molecule has 0 amide bonds. The molecule has 2 aromatic carbocycles. The Balaban J connectivity index is 2.55. The van der Waals surface area contributed by atoms with E-state index in [2.05, 4.69) is 21.4 Å². The molecule has 0 radical (unpaired) electrons. The summed E-state index contributed by atoms with van der Waals surface area (Å²) in [5, 5.41) is 0. The molecule has 0 saturated heterocycles. The number of benzene rings is 2. The van der Waals surface area contributed by atoms with Gasteiger partial charge in [0.15, 0.2) is 17.5 Å². The van der Waals surface area contributed by atoms with E-state index >= 15 is 0 Å². The first-order chi connectivity index (χ1) is 9.43. The molecule has 0 aliphatic carbocycles. The molecule has 0 heterocycles. The van der Waals surface area contributed by atoms with E-state index in [4.69, 9.17) is 5.84 Å². The normalized spacial score (nSPS) is 12.5. The van der Waals surface area contributed by atoms with Crippen molar-refractivity contribution in [3.63, 3.8) is 0 Å². The number of halogens is 5. The van der Waals surface area contributed by atoms with Gasteiger partial charge >= 0.3 is 0 Å². The van der Waals surface area contributed by atoms with Crippen LogP contribution < -0.4 is 11.3 Å². The fourth-order valence-electron chi connectivity index (χ4n) is 1.84. The Kier molecular flexibility index (Phi) is 4.42. The molecule has 3 N–H and O–H groups in total. The van der Waals surface area contributed by atoms with Crippen molar-refractivity contribution in [2.24, 2.45) is 5.84 Å². The topological polar surface area (TPSA) is 38.0 Å². The van der Waals surface area contributed by atoms with Gasteiger partial charge in [0.2, 0.25) is 0 Å². The molecule has 2 aromatic rings. The van der Waals surface area contributed by atoms with Crippen LogP contribution in [-0.2, 0) is 0 Å². The van der Waals surface area contributed by atoms with Gasteiger partial charge in [0.05, 0.1) is 6.04 Å². The molecule has 106 valence electrons. The lowest BCUT2D eigenvalue weighted by molar-refractivity contribution is 0.442. The first-order valence-electron chi connectivity index (χ1n) is 5.49. The Morgan fingerprint density at radius 2 is 1.55 bits per heavy atom. The highest BCUT2D eigenvalue weighted by molar-refractivity contribution is 9.10. The third-order valence-corrected chi connectivity index (χ3v) is 3.27. The van der Waals surface area contributed by atoms with Gasteiger partial charge in [0.25, 0.3) is 0 Å². The molecule has 20 heavy (non-hydrogen) atoms. The van der Waals surface area contributed by atoms with Crippen LogP contribution in [0.5, 0.6) is 0 Å². The molecule has 0 aliphatic rings. The van der Waals surface area contributed by atoms with Gasteiger partial charge in [0, 0.05) is 10.0 Å². The third-order valence-electron chi connectivity index (χ3n) is 2.78. The van der Waals surface area contributed by atoms with Crippen molar-refractivity contribution in [1.82, 2.24) is 5.43 Å². The summed E-state index contributed by atoms with van der Waals surface area (Å²) in [5.41, 5.74) is 2.31. The van der Waals surface area contributed by atoms with Gasteiger partial charge in [-0.05, 0) is 35.9 Å². The first-order valence-corrected chi connectivity index (χ1v) is 6.29. The number of nitrogens with one attached hydrogen (secondary N) is 1. The molecule has 0 saturated carbocycles. The number of hydrazine groups is 1. The minimum absolute atomic E-state index is 0.0269. The largest absolute Gasteiger partial charge is 0.271 e. The standard InChI is InChI=1S/C13H9BrF4N2/c14-7-1-2-9(15)8(5-7)13(20-19)6-3-10(16)12(18)11(17)4-6/h1-5,13,20H,19H2. The van der Waals surface area contributed by atoms with Gasteiger partial charge in [-0.3, -0.25) is 5.84 Å². The monoisotopic (exact) mass is 348 g/mol. The Bertz CT molecular complexity index is 625. The molecule has 0 spiro atoms. The maximum absolute atomic E-state index is 13.8. The third kappa shape index (κ3) is 2.84. The second kappa shape index (κ2) is 5.90. The predicted molar refractivity (Wildman–Crippen MR) is 69.6 cm³/mol. The summed E-state index contributed by atoms with van der Waals surface area (Å²) in [6.07, 6.45) is 0. The Morgan fingerprint density at radius 3 is 2.10 bits per heavy atom. The zero-order valence-electron chi connectivity index (χ0n) is 9.93. The molecule has 2 nitrogen and oxygen atoms in total. The zero-order valence-corrected chi connectivity index (χ0v) is 11.5. The Hall–Kier alpha value is -1.44. The molecule has 0 fully saturated rings. The Morgan fingerprint density at radius 1 is 0.950 bits per heavy atom. The lowest BCUT2D eigenvalue weighted by Gasteiger charge is -2.18. The number of nitrogens with two attached hydrogens (primary N) is 1. The van der Waals surface area contributed by atoms with Crippen LogP contribution in [0.3, 0.4) is 0 Å². The van der Waals surface area contributed by atoms with Crippen molar-refractivity contribution >= 4 is 15.9 Å². The summed E-state index contributed by atoms with van der Waals surface area (Å²) in [4.78, 5) is 0. The van der Waals surface area contributed by atoms with E-state index in [-0.39, 0.29) is 11.1 Å². The maximum Gasteiger partial charge on any atom is 0.194 e. The van der Waals surface area contributed by atoms with Crippen molar-refractivity contribution in [2.75, 3.05) is 0 Å². The maximum atomic E-state index is 13.8. The van der Waals surface area contributed by atoms with E-state index in [1.807, 2.05) is 0 Å². The van der Waals surface area contributed by atoms with Gasteiger partial charge in [-0.2, -0.15) is 0 Å². The van der Waals surface area contributed by atoms with Crippen LogP contribution in [0.15, 0.2) is 34.8 Å². The van der Waals surface area contributed by atoms with Crippen molar-refractivity contribution in [2.45, 2.75) is 6.04 Å². The van der Waals surface area contributed by atoms with Crippen molar-refractivity contribution < 1.29 is 17.6 Å². The van der Waals surface area contributed by atoms with Crippen molar-refractivity contribution in [3.05, 3.63) is 69.2 Å². The van der Waals surface area contributed by atoms with Gasteiger partial charge in [0.1, 0.15) is 5.82 Å². The lowest BCUT2D eigenvalue weighted by atomic mass is 9.98. The van der Waals surface area contributed by atoms with E-state index in [9.17, 15) is 17.6 Å². The van der Waals surface area contributed by atoms with Gasteiger partial charge in [-0.1, -0.05) is 15.9 Å². The van der Waals surface area contributed by atoms with Crippen molar-refractivity contribution in [1.29, 1.82) is 0 Å². The molecule has 1 atom stereocenters. The summed E-state index contributed by atoms with van der Waals surface area (Å²) in [6.45, 7) is 0. The SMILES string of the molecule is NNC(c1cc(F)c(F)c(F)c1)c1cc(Br)ccc1F. The van der Waals surface area contributed by atoms with Gasteiger partial charge in [-0.15, -0.1) is 0 Å². The summed E-state index contributed by atoms with van der Waals surface area (Å²) in [5.74, 6) is 0.399. The smallest absolute Gasteiger partial charge is 0.194 e. The minimum atomic E-state index is -1.58. The summed E-state index contributed by atoms with van der Waals surface area (Å²) >= 11 is 3.16. The first kappa shape index (κ1) is 15.0. The van der Waals surface area contributed by atoms with Crippen LogP contribution in [0.1, 0.15) is 17.2 Å². The second-order valence-electron chi connectivity index (χ2n) is 4.06. The second-order valence-corrected chi connectivity index (χ2v) is 4.98. The fraction of sp³-hybridized carbons (Fsp3) is 0.0769. The van der Waals surface area contributed by atoms with Crippen molar-refractivity contribution in [3.8, 4) is 0 Å². The zero-order chi connectivity index (χ0) is 14.9. The molecule has 0 aliphatic heterocycles. The molecule has 1 unspecified atom stereocenters. The van der Waals surface area contributed by atoms with E-state index in [1.54, 1.807) is 0 Å². The summed E-state index contributed by atoms with van der Waals surface area (Å²) in [6, 6.07) is 4.58. The molecule has 0 bridgehead atoms. The molecule has 0 aromatic heterocycles. The lowest BCUT2D eigenvalue weighted by Crippen LogP contribution is -2.29. The van der Waals surface area contributed by atoms with E-state index in [0.29, 0.717) is 4.47 Å². The fourth-order valence-corrected chi connectivity index (χ4v) is 2.22. The summed E-state index contributed by atoms with van der Waals surface area (Å²) in [7, 11) is 0. The van der Waals surface area contributed by atoms with Crippen LogP contribution >= 0.6 is 15.9 Å². The average Bonchev–Trinajstić information content (AvgIpc) is 2.40. The van der Waals surface area contributed by atoms with E-state index < -0.39 is 29.3 Å². The number of rotatable bonds is 3. The quantitative estimate of drug-likeness (QED) is 0.385. The van der Waals surface area contributed by atoms with Crippen LogP contribution in [0.2, 0.25) is 0 Å². The van der Waals surface area contributed by atoms with Crippen LogP contribution in [0.25, 0.3) is 0 Å². The van der Waals surface area contributed by atoms with Gasteiger partial charge < -0.3 is 0 Å². The Labute approximate surface area is 120 Å².